The molecule has 7 heteroatoms. The number of carbonyl (C=O) groups is 3. The minimum absolute atomic E-state index is 0. The molecule has 100 valence electrons. The van der Waals surface area contributed by atoms with E-state index in [1.165, 1.54) is 6.92 Å². The largest absolute Gasteiger partial charge is 0.480 e. The minimum atomic E-state index is -1.01. The van der Waals surface area contributed by atoms with Gasteiger partial charge in [-0.25, -0.2) is 0 Å². The van der Waals surface area contributed by atoms with Gasteiger partial charge >= 0.3 is 5.97 Å². The fourth-order valence-corrected chi connectivity index (χ4v) is 1.13. The lowest BCUT2D eigenvalue weighted by Gasteiger charge is -2.06. The topological polar surface area (TPSA) is 109 Å². The Kier molecular flexibility index (Phi) is 10.8. The third-order valence-electron chi connectivity index (χ3n) is 1.99. The number of carbonyl (C=O) groups excluding carboxylic acids is 2. The van der Waals surface area contributed by atoms with Crippen LogP contribution in [0.4, 0.5) is 0 Å². The van der Waals surface area contributed by atoms with Crippen molar-refractivity contribution in [2.75, 3.05) is 6.54 Å². The Bertz CT molecular complexity index is 271. The number of ketones is 1. The Morgan fingerprint density at radius 3 is 2.35 bits per heavy atom. The van der Waals surface area contributed by atoms with Crippen LogP contribution in [-0.4, -0.2) is 35.4 Å². The third-order valence-corrected chi connectivity index (χ3v) is 1.99. The predicted octanol–water partition coefficient (Wildman–Crippen LogP) is 0.0857. The van der Waals surface area contributed by atoms with Gasteiger partial charge in [0.05, 0.1) is 6.42 Å². The lowest BCUT2D eigenvalue weighted by Crippen LogP contribution is -2.30. The van der Waals surface area contributed by atoms with Crippen molar-refractivity contribution in [1.82, 2.24) is 5.32 Å². The molecule has 0 aliphatic rings. The van der Waals surface area contributed by atoms with Crippen molar-refractivity contribution in [2.24, 2.45) is 5.73 Å². The molecule has 4 N–H and O–H groups in total. The van der Waals surface area contributed by atoms with E-state index in [0.717, 1.165) is 0 Å². The maximum atomic E-state index is 11.0. The average Bonchev–Trinajstić information content (AvgIpc) is 2.15. The third kappa shape index (κ3) is 11.1. The van der Waals surface area contributed by atoms with Crippen LogP contribution in [-0.2, 0) is 14.4 Å². The van der Waals surface area contributed by atoms with E-state index < -0.39 is 12.0 Å². The van der Waals surface area contributed by atoms with Crippen molar-refractivity contribution in [2.45, 2.75) is 38.6 Å². The first kappa shape index (κ1) is 18.2. The summed E-state index contributed by atoms with van der Waals surface area (Å²) >= 11 is 0. The Balaban J connectivity index is 0. The molecule has 0 radical (unpaired) electrons. The molecule has 0 aromatic carbocycles. The molecule has 0 rings (SSSR count). The number of hydrogen-bond donors (Lipinski definition) is 3. The zero-order valence-electron chi connectivity index (χ0n) is 9.77. The van der Waals surface area contributed by atoms with E-state index in [0.29, 0.717) is 25.8 Å². The molecule has 0 saturated heterocycles. The van der Waals surface area contributed by atoms with Crippen LogP contribution in [0.15, 0.2) is 0 Å². The van der Waals surface area contributed by atoms with E-state index in [9.17, 15) is 14.4 Å². The first-order valence-electron chi connectivity index (χ1n) is 5.18. The molecular weight excluding hydrogens is 248 g/mol. The summed E-state index contributed by atoms with van der Waals surface area (Å²) in [5, 5.41) is 11.1. The van der Waals surface area contributed by atoms with E-state index in [2.05, 4.69) is 5.32 Å². The van der Waals surface area contributed by atoms with E-state index in [1.54, 1.807) is 0 Å². The zero-order chi connectivity index (χ0) is 12.6. The van der Waals surface area contributed by atoms with Crippen LogP contribution >= 0.6 is 12.4 Å². The Labute approximate surface area is 106 Å². The molecule has 0 spiro atoms. The van der Waals surface area contributed by atoms with Crippen molar-refractivity contribution in [3.05, 3.63) is 0 Å². The molecule has 0 aliphatic carbocycles. The molecule has 6 nitrogen and oxygen atoms in total. The van der Waals surface area contributed by atoms with Crippen molar-refractivity contribution >= 4 is 30.1 Å². The Morgan fingerprint density at radius 2 is 1.88 bits per heavy atom. The number of unbranched alkanes of at least 4 members (excludes halogenated alkanes) is 1. The van der Waals surface area contributed by atoms with Gasteiger partial charge in [0.1, 0.15) is 11.8 Å². The predicted molar refractivity (Wildman–Crippen MR) is 65.0 cm³/mol. The number of halogens is 1. The summed E-state index contributed by atoms with van der Waals surface area (Å²) in [7, 11) is 0. The highest BCUT2D eigenvalue weighted by atomic mass is 35.5. The van der Waals surface area contributed by atoms with Crippen LogP contribution < -0.4 is 11.1 Å². The van der Waals surface area contributed by atoms with E-state index in [-0.39, 0.29) is 30.5 Å². The number of amides is 1. The Morgan fingerprint density at radius 1 is 1.29 bits per heavy atom. The SMILES string of the molecule is CC(=O)CC(=O)NCCCC[C@H](N)C(=O)O.Cl. The average molecular weight is 267 g/mol. The van der Waals surface area contributed by atoms with Gasteiger partial charge < -0.3 is 16.2 Å². The van der Waals surface area contributed by atoms with Gasteiger partial charge in [0.2, 0.25) is 5.91 Å². The van der Waals surface area contributed by atoms with Gasteiger partial charge in [0.25, 0.3) is 0 Å². The molecule has 1 atom stereocenters. The summed E-state index contributed by atoms with van der Waals surface area (Å²) in [6, 6.07) is -0.840. The first-order chi connectivity index (χ1) is 7.43. The summed E-state index contributed by atoms with van der Waals surface area (Å²) in [6.07, 6.45) is 1.57. The molecule has 0 fully saturated rings. The van der Waals surface area contributed by atoms with Gasteiger partial charge in [-0.05, 0) is 26.2 Å². The molecule has 0 saturated carbocycles. The number of carboxylic acids is 1. The van der Waals surface area contributed by atoms with Crippen LogP contribution in [0.5, 0.6) is 0 Å². The van der Waals surface area contributed by atoms with Crippen molar-refractivity contribution in [3.63, 3.8) is 0 Å². The summed E-state index contributed by atoms with van der Waals surface area (Å²) in [5.74, 6) is -1.49. The van der Waals surface area contributed by atoms with Gasteiger partial charge in [-0.15, -0.1) is 12.4 Å². The first-order valence-corrected chi connectivity index (χ1v) is 5.18. The summed E-state index contributed by atoms with van der Waals surface area (Å²) in [4.78, 5) is 31.9. The summed E-state index contributed by atoms with van der Waals surface area (Å²) < 4.78 is 0. The van der Waals surface area contributed by atoms with E-state index in [4.69, 9.17) is 10.8 Å². The van der Waals surface area contributed by atoms with E-state index >= 15 is 0 Å². The lowest BCUT2D eigenvalue weighted by molar-refractivity contribution is -0.138. The van der Waals surface area contributed by atoms with Crippen molar-refractivity contribution < 1.29 is 19.5 Å². The number of aliphatic carboxylic acids is 1. The second-order valence-electron chi connectivity index (χ2n) is 3.67. The maximum absolute atomic E-state index is 11.0. The van der Waals surface area contributed by atoms with Gasteiger partial charge in [-0.3, -0.25) is 14.4 Å². The second-order valence-corrected chi connectivity index (χ2v) is 3.67. The fraction of sp³-hybridized carbons (Fsp3) is 0.700. The van der Waals surface area contributed by atoms with Gasteiger partial charge in [-0.2, -0.15) is 0 Å². The number of rotatable bonds is 8. The van der Waals surface area contributed by atoms with Crippen LogP contribution in [0.25, 0.3) is 0 Å². The standard InChI is InChI=1S/C10H18N2O4.ClH/c1-7(13)6-9(14)12-5-3-2-4-8(11)10(15)16;/h8H,2-6,11H2,1H3,(H,12,14)(H,15,16);1H/t8-;/m0./s1. The minimum Gasteiger partial charge on any atom is -0.480 e. The molecule has 1 amide bonds. The zero-order valence-corrected chi connectivity index (χ0v) is 10.6. The van der Waals surface area contributed by atoms with Crippen LogP contribution in [0.2, 0.25) is 0 Å². The number of nitrogens with one attached hydrogen (secondary N) is 1. The lowest BCUT2D eigenvalue weighted by atomic mass is 10.1. The Hall–Kier alpha value is -1.14. The second kappa shape index (κ2) is 10.0. The quantitative estimate of drug-likeness (QED) is 0.426. The summed E-state index contributed by atoms with van der Waals surface area (Å²) in [6.45, 7) is 1.80. The fourth-order valence-electron chi connectivity index (χ4n) is 1.13. The number of carboxylic acid groups (broad SMARTS) is 1. The van der Waals surface area contributed by atoms with Gasteiger partial charge in [0.15, 0.2) is 0 Å². The molecule has 0 unspecified atom stereocenters. The van der Waals surface area contributed by atoms with E-state index in [1.807, 2.05) is 0 Å². The van der Waals surface area contributed by atoms with Gasteiger partial charge in [-0.1, -0.05) is 0 Å². The smallest absolute Gasteiger partial charge is 0.320 e. The molecule has 0 aromatic rings. The van der Waals surface area contributed by atoms with Crippen LogP contribution in [0.1, 0.15) is 32.6 Å². The molecule has 17 heavy (non-hydrogen) atoms. The number of hydrogen-bond acceptors (Lipinski definition) is 4. The maximum Gasteiger partial charge on any atom is 0.320 e. The normalized spacial score (nSPS) is 11.2. The highest BCUT2D eigenvalue weighted by Gasteiger charge is 2.10. The van der Waals surface area contributed by atoms with Crippen LogP contribution in [0.3, 0.4) is 0 Å². The molecule has 0 bridgehead atoms. The highest BCUT2D eigenvalue weighted by Crippen LogP contribution is 1.98. The molecule has 0 aliphatic heterocycles. The van der Waals surface area contributed by atoms with Crippen molar-refractivity contribution in [3.8, 4) is 0 Å². The number of Topliss-reactive ketones (excluding diaryl/α,β-unsaturated/α-hetero) is 1. The monoisotopic (exact) mass is 266 g/mol. The van der Waals surface area contributed by atoms with Crippen LogP contribution in [0, 0.1) is 0 Å². The summed E-state index contributed by atoms with van der Waals surface area (Å²) in [5.41, 5.74) is 5.29. The molecule has 0 heterocycles. The molecule has 0 aromatic heterocycles. The highest BCUT2D eigenvalue weighted by molar-refractivity contribution is 5.96. The molecular formula is C10H19ClN2O4. The number of nitrogens with two attached hydrogens (primary N) is 1. The van der Waals surface area contributed by atoms with Gasteiger partial charge in [0, 0.05) is 6.54 Å². The van der Waals surface area contributed by atoms with Crippen molar-refractivity contribution in [1.29, 1.82) is 0 Å².